The Morgan fingerprint density at radius 3 is 2.60 bits per heavy atom. The molecule has 0 atom stereocenters. The summed E-state index contributed by atoms with van der Waals surface area (Å²) in [6, 6.07) is 23.2. The van der Waals surface area contributed by atoms with Gasteiger partial charge in [-0.05, 0) is 55.0 Å². The number of hydrogen-bond donors (Lipinski definition) is 2. The average molecular weight is 466 g/mol. The van der Waals surface area contributed by atoms with Gasteiger partial charge >= 0.3 is 0 Å². The second kappa shape index (κ2) is 10.8. The van der Waals surface area contributed by atoms with Crippen LogP contribution in [0.3, 0.4) is 0 Å². The molecule has 0 spiro atoms. The Balaban J connectivity index is 1.56. The van der Waals surface area contributed by atoms with Crippen molar-refractivity contribution in [2.75, 3.05) is 18.5 Å². The van der Waals surface area contributed by atoms with E-state index < -0.39 is 0 Å². The van der Waals surface area contributed by atoms with E-state index >= 15 is 0 Å². The SMILES string of the molecule is CCOc1cc(/C=C(\C#N)c2nc3ccccc3c(=O)[nH]2)ccc1OCC(=O)Nc1ccccc1. The molecular weight excluding hydrogens is 444 g/mol. The van der Waals surface area contributed by atoms with Gasteiger partial charge in [-0.15, -0.1) is 0 Å². The lowest BCUT2D eigenvalue weighted by molar-refractivity contribution is -0.118. The predicted octanol–water partition coefficient (Wildman–Crippen LogP) is 4.40. The molecule has 4 aromatic rings. The van der Waals surface area contributed by atoms with Crippen LogP contribution in [-0.2, 0) is 4.79 Å². The van der Waals surface area contributed by atoms with Gasteiger partial charge in [-0.25, -0.2) is 4.98 Å². The highest BCUT2D eigenvalue weighted by molar-refractivity contribution is 5.92. The van der Waals surface area contributed by atoms with Crippen molar-refractivity contribution in [1.82, 2.24) is 9.97 Å². The lowest BCUT2D eigenvalue weighted by Gasteiger charge is -2.13. The van der Waals surface area contributed by atoms with Crippen LogP contribution in [0.5, 0.6) is 11.5 Å². The van der Waals surface area contributed by atoms with Gasteiger partial charge in [0, 0.05) is 5.69 Å². The number of aromatic nitrogens is 2. The number of hydrogen-bond acceptors (Lipinski definition) is 6. The number of carbonyl (C=O) groups excluding carboxylic acids is 1. The molecule has 0 aliphatic rings. The Morgan fingerprint density at radius 1 is 1.06 bits per heavy atom. The van der Waals surface area contributed by atoms with Crippen molar-refractivity contribution in [2.24, 2.45) is 0 Å². The predicted molar refractivity (Wildman–Crippen MR) is 134 cm³/mol. The van der Waals surface area contributed by atoms with E-state index in [4.69, 9.17) is 9.47 Å². The molecule has 0 bridgehead atoms. The molecule has 0 fully saturated rings. The number of ether oxygens (including phenoxy) is 2. The summed E-state index contributed by atoms with van der Waals surface area (Å²) in [4.78, 5) is 31.7. The number of carbonyl (C=O) groups is 1. The van der Waals surface area contributed by atoms with Gasteiger partial charge in [0.05, 0.1) is 23.1 Å². The van der Waals surface area contributed by atoms with Crippen molar-refractivity contribution >= 4 is 34.1 Å². The van der Waals surface area contributed by atoms with E-state index in [1.807, 2.05) is 25.1 Å². The first-order valence-corrected chi connectivity index (χ1v) is 10.9. The molecule has 3 aromatic carbocycles. The van der Waals surface area contributed by atoms with Crippen molar-refractivity contribution in [2.45, 2.75) is 6.92 Å². The number of anilines is 1. The van der Waals surface area contributed by atoms with Gasteiger partial charge in [-0.2, -0.15) is 5.26 Å². The van der Waals surface area contributed by atoms with E-state index in [1.54, 1.807) is 60.7 Å². The minimum Gasteiger partial charge on any atom is -0.490 e. The monoisotopic (exact) mass is 466 g/mol. The zero-order chi connectivity index (χ0) is 24.6. The van der Waals surface area contributed by atoms with Gasteiger partial charge in [0.2, 0.25) is 0 Å². The zero-order valence-electron chi connectivity index (χ0n) is 18.9. The fraction of sp³-hybridized carbons (Fsp3) is 0.111. The first kappa shape index (κ1) is 23.3. The number of H-pyrrole nitrogens is 1. The van der Waals surface area contributed by atoms with Crippen LogP contribution in [0.15, 0.2) is 77.6 Å². The lowest BCUT2D eigenvalue weighted by Crippen LogP contribution is -2.20. The number of nitriles is 1. The molecule has 8 nitrogen and oxygen atoms in total. The first-order chi connectivity index (χ1) is 17.1. The minimum absolute atomic E-state index is 0.173. The fourth-order valence-electron chi connectivity index (χ4n) is 3.40. The second-order valence-corrected chi connectivity index (χ2v) is 7.44. The maximum atomic E-state index is 12.4. The Hall–Kier alpha value is -4.90. The smallest absolute Gasteiger partial charge is 0.262 e. The number of aromatic amines is 1. The molecule has 8 heteroatoms. The third-order valence-corrected chi connectivity index (χ3v) is 4.98. The summed E-state index contributed by atoms with van der Waals surface area (Å²) in [5.41, 5.74) is 1.68. The molecule has 0 saturated carbocycles. The highest BCUT2D eigenvalue weighted by Crippen LogP contribution is 2.30. The van der Waals surface area contributed by atoms with E-state index in [2.05, 4.69) is 21.4 Å². The Labute approximate surface area is 201 Å². The molecular formula is C27H22N4O4. The van der Waals surface area contributed by atoms with Crippen LogP contribution < -0.4 is 20.3 Å². The number of allylic oxidation sites excluding steroid dienone is 1. The normalized spacial score (nSPS) is 11.0. The van der Waals surface area contributed by atoms with E-state index in [1.165, 1.54) is 0 Å². The van der Waals surface area contributed by atoms with Crippen LogP contribution in [0.4, 0.5) is 5.69 Å². The van der Waals surface area contributed by atoms with Crippen molar-refractivity contribution < 1.29 is 14.3 Å². The van der Waals surface area contributed by atoms with Crippen LogP contribution in [0.1, 0.15) is 18.3 Å². The Kier molecular flexibility index (Phi) is 7.19. The number of para-hydroxylation sites is 2. The van der Waals surface area contributed by atoms with Crippen LogP contribution in [0.2, 0.25) is 0 Å². The lowest BCUT2D eigenvalue weighted by atomic mass is 10.1. The quantitative estimate of drug-likeness (QED) is 0.372. The number of amides is 1. The molecule has 174 valence electrons. The van der Waals surface area contributed by atoms with Crippen molar-refractivity contribution in [3.63, 3.8) is 0 Å². The minimum atomic E-state index is -0.320. The molecule has 0 aliphatic heterocycles. The topological polar surface area (TPSA) is 117 Å². The molecule has 0 unspecified atom stereocenters. The van der Waals surface area contributed by atoms with E-state index in [0.29, 0.717) is 40.3 Å². The number of nitrogens with one attached hydrogen (secondary N) is 2. The molecule has 0 radical (unpaired) electrons. The Bertz CT molecular complexity index is 1490. The van der Waals surface area contributed by atoms with Gasteiger partial charge < -0.3 is 19.8 Å². The molecule has 1 amide bonds. The molecule has 0 saturated heterocycles. The highest BCUT2D eigenvalue weighted by Gasteiger charge is 2.12. The zero-order valence-corrected chi connectivity index (χ0v) is 18.9. The molecule has 4 rings (SSSR count). The van der Waals surface area contributed by atoms with E-state index in [0.717, 1.165) is 0 Å². The summed E-state index contributed by atoms with van der Waals surface area (Å²) in [6.45, 7) is 2.01. The molecule has 35 heavy (non-hydrogen) atoms. The number of benzene rings is 3. The summed E-state index contributed by atoms with van der Waals surface area (Å²) >= 11 is 0. The summed E-state index contributed by atoms with van der Waals surface area (Å²) in [7, 11) is 0. The number of rotatable bonds is 8. The van der Waals surface area contributed by atoms with Gasteiger partial charge in [-0.1, -0.05) is 36.4 Å². The van der Waals surface area contributed by atoms with Gasteiger partial charge in [0.1, 0.15) is 6.07 Å². The summed E-state index contributed by atoms with van der Waals surface area (Å²) in [5.74, 6) is 0.682. The van der Waals surface area contributed by atoms with Crippen LogP contribution >= 0.6 is 0 Å². The molecule has 1 aromatic heterocycles. The van der Waals surface area contributed by atoms with Crippen LogP contribution in [0, 0.1) is 11.3 Å². The molecule has 2 N–H and O–H groups in total. The summed E-state index contributed by atoms with van der Waals surface area (Å²) in [5, 5.41) is 12.9. The first-order valence-electron chi connectivity index (χ1n) is 10.9. The molecule has 1 heterocycles. The third kappa shape index (κ3) is 5.72. The van der Waals surface area contributed by atoms with E-state index in [-0.39, 0.29) is 29.5 Å². The summed E-state index contributed by atoms with van der Waals surface area (Å²) < 4.78 is 11.4. The maximum Gasteiger partial charge on any atom is 0.262 e. The van der Waals surface area contributed by atoms with Crippen LogP contribution in [-0.4, -0.2) is 29.1 Å². The second-order valence-electron chi connectivity index (χ2n) is 7.44. The van der Waals surface area contributed by atoms with Crippen molar-refractivity contribution in [3.8, 4) is 17.6 Å². The third-order valence-electron chi connectivity index (χ3n) is 4.98. The highest BCUT2D eigenvalue weighted by atomic mass is 16.5. The van der Waals surface area contributed by atoms with Crippen molar-refractivity contribution in [1.29, 1.82) is 5.26 Å². The maximum absolute atomic E-state index is 12.4. The average Bonchev–Trinajstić information content (AvgIpc) is 2.87. The van der Waals surface area contributed by atoms with Gasteiger partial charge in [0.25, 0.3) is 11.5 Å². The van der Waals surface area contributed by atoms with Crippen LogP contribution in [0.25, 0.3) is 22.6 Å². The molecule has 0 aliphatic carbocycles. The van der Waals surface area contributed by atoms with Gasteiger partial charge in [0.15, 0.2) is 23.9 Å². The number of fused-ring (bicyclic) bond motifs is 1. The largest absolute Gasteiger partial charge is 0.490 e. The van der Waals surface area contributed by atoms with E-state index in [9.17, 15) is 14.9 Å². The number of nitrogens with zero attached hydrogens (tertiary/aromatic N) is 2. The fourth-order valence-corrected chi connectivity index (χ4v) is 3.40. The van der Waals surface area contributed by atoms with Crippen molar-refractivity contribution in [3.05, 3.63) is 94.5 Å². The summed E-state index contributed by atoms with van der Waals surface area (Å²) in [6.07, 6.45) is 1.60. The standard InChI is InChI=1S/C27H22N4O4/c1-2-34-24-15-18(12-13-23(24)35-17-25(32)29-20-8-4-3-5-9-20)14-19(16-28)26-30-22-11-7-6-10-21(22)27(33)31-26/h3-15H,2,17H2,1H3,(H,29,32)(H,30,31,33)/b19-14+. The Morgan fingerprint density at radius 2 is 1.83 bits per heavy atom. The van der Waals surface area contributed by atoms with Gasteiger partial charge in [-0.3, -0.25) is 9.59 Å².